The quantitative estimate of drug-likeness (QED) is 0.542. The summed E-state index contributed by atoms with van der Waals surface area (Å²) in [5.41, 5.74) is 2.39. The van der Waals surface area contributed by atoms with E-state index in [4.69, 9.17) is 21.1 Å². The number of methoxy groups -OCH3 is 1. The van der Waals surface area contributed by atoms with Crippen molar-refractivity contribution in [2.45, 2.75) is 39.5 Å². The van der Waals surface area contributed by atoms with E-state index in [2.05, 4.69) is 10.1 Å². The molecule has 3 rings (SSSR count). The fourth-order valence-electron chi connectivity index (χ4n) is 2.71. The average molecular weight is 414 g/mol. The fourth-order valence-corrected chi connectivity index (χ4v) is 2.89. The maximum absolute atomic E-state index is 11.7. The summed E-state index contributed by atoms with van der Waals surface area (Å²) in [6, 6.07) is 13.3. The van der Waals surface area contributed by atoms with Gasteiger partial charge in [-0.2, -0.15) is 5.10 Å². The van der Waals surface area contributed by atoms with Crippen molar-refractivity contribution in [1.29, 1.82) is 0 Å². The number of aromatic nitrogens is 3. The molecule has 0 saturated heterocycles. The Bertz CT molecular complexity index is 1010. The summed E-state index contributed by atoms with van der Waals surface area (Å²) in [6.07, 6.45) is 1.70. The molecule has 0 N–H and O–H groups in total. The number of nitrogens with zero attached hydrogens (tertiary/aromatic N) is 3. The Morgan fingerprint density at radius 1 is 1.21 bits per heavy atom. The summed E-state index contributed by atoms with van der Waals surface area (Å²) < 4.78 is 13.0. The molecule has 0 bridgehead atoms. The molecule has 0 unspecified atom stereocenters. The Balaban J connectivity index is 1.96. The average Bonchev–Trinajstić information content (AvgIpc) is 3.11. The normalized spacial score (nSPS) is 11.5. The Morgan fingerprint density at radius 2 is 2.00 bits per heavy atom. The first-order valence-electron chi connectivity index (χ1n) is 9.25. The third kappa shape index (κ3) is 5.02. The number of pyridine rings is 1. The largest absolute Gasteiger partial charge is 0.497 e. The van der Waals surface area contributed by atoms with Gasteiger partial charge in [0.15, 0.2) is 5.78 Å². The van der Waals surface area contributed by atoms with Crippen molar-refractivity contribution in [1.82, 2.24) is 14.8 Å². The topological polar surface area (TPSA) is 66.2 Å². The molecule has 7 heteroatoms. The number of hydrogen-bond donors (Lipinski definition) is 0. The van der Waals surface area contributed by atoms with E-state index in [1.165, 1.54) is 6.92 Å². The lowest BCUT2D eigenvalue weighted by atomic mass is 10.1. The van der Waals surface area contributed by atoms with E-state index in [-0.39, 0.29) is 12.4 Å². The predicted octanol–water partition coefficient (Wildman–Crippen LogP) is 4.54. The van der Waals surface area contributed by atoms with E-state index in [1.807, 2.05) is 35.0 Å². The predicted molar refractivity (Wildman–Crippen MR) is 112 cm³/mol. The first kappa shape index (κ1) is 21.0. The monoisotopic (exact) mass is 413 g/mol. The van der Waals surface area contributed by atoms with E-state index in [0.29, 0.717) is 17.3 Å². The number of benzene rings is 1. The summed E-state index contributed by atoms with van der Waals surface area (Å²) in [7, 11) is 1.63. The van der Waals surface area contributed by atoms with E-state index >= 15 is 0 Å². The molecule has 0 amide bonds. The Morgan fingerprint density at radius 3 is 2.69 bits per heavy atom. The van der Waals surface area contributed by atoms with Gasteiger partial charge in [-0.25, -0.2) is 0 Å². The molecule has 0 atom stereocenters. The van der Waals surface area contributed by atoms with Crippen LogP contribution in [0.4, 0.5) is 0 Å². The van der Waals surface area contributed by atoms with Gasteiger partial charge in [-0.05, 0) is 51.1 Å². The van der Waals surface area contributed by atoms with Crippen LogP contribution in [-0.4, -0.2) is 33.3 Å². The van der Waals surface area contributed by atoms with Gasteiger partial charge in [-0.3, -0.25) is 14.5 Å². The Hall–Kier alpha value is -2.70. The molecule has 152 valence electrons. The summed E-state index contributed by atoms with van der Waals surface area (Å²) in [4.78, 5) is 16.1. The highest BCUT2D eigenvalue weighted by Crippen LogP contribution is 2.27. The van der Waals surface area contributed by atoms with Crippen molar-refractivity contribution >= 4 is 17.4 Å². The van der Waals surface area contributed by atoms with Gasteiger partial charge >= 0.3 is 0 Å². The second-order valence-electron chi connectivity index (χ2n) is 7.20. The maximum Gasteiger partial charge on any atom is 0.161 e. The van der Waals surface area contributed by atoms with Gasteiger partial charge in [0.05, 0.1) is 42.4 Å². The smallest absolute Gasteiger partial charge is 0.161 e. The summed E-state index contributed by atoms with van der Waals surface area (Å²) in [5.74, 6) is 0.715. The fraction of sp³-hybridized carbons (Fsp3) is 0.318. The number of carbonyl (C=O) groups is 1. The number of Topliss-reactive ketones (excluding diaryl/α,β-unsaturated/α-hetero) is 1. The minimum Gasteiger partial charge on any atom is -0.497 e. The third-order valence-electron chi connectivity index (χ3n) is 4.76. The molecule has 3 aromatic rings. The van der Waals surface area contributed by atoms with Gasteiger partial charge in [0.2, 0.25) is 0 Å². The van der Waals surface area contributed by atoms with E-state index in [1.54, 1.807) is 39.3 Å². The van der Waals surface area contributed by atoms with Crippen LogP contribution in [0.5, 0.6) is 5.75 Å². The van der Waals surface area contributed by atoms with Crippen molar-refractivity contribution in [3.63, 3.8) is 0 Å². The molecule has 0 aliphatic heterocycles. The van der Waals surface area contributed by atoms with Crippen LogP contribution >= 0.6 is 11.6 Å². The zero-order chi connectivity index (χ0) is 21.0. The second kappa shape index (κ2) is 8.76. The van der Waals surface area contributed by atoms with Crippen molar-refractivity contribution in [2.24, 2.45) is 0 Å². The van der Waals surface area contributed by atoms with Gasteiger partial charge in [-0.1, -0.05) is 23.7 Å². The van der Waals surface area contributed by atoms with E-state index in [9.17, 15) is 4.79 Å². The maximum atomic E-state index is 11.7. The number of hydrogen-bond acceptors (Lipinski definition) is 5. The summed E-state index contributed by atoms with van der Waals surface area (Å²) >= 11 is 6.30. The summed E-state index contributed by atoms with van der Waals surface area (Å²) in [6.45, 7) is 5.64. The van der Waals surface area contributed by atoms with Crippen molar-refractivity contribution in [2.75, 3.05) is 7.11 Å². The zero-order valence-electron chi connectivity index (χ0n) is 17.0. The van der Waals surface area contributed by atoms with Gasteiger partial charge < -0.3 is 9.47 Å². The van der Waals surface area contributed by atoms with Gasteiger partial charge in [0, 0.05) is 11.8 Å². The molecule has 0 aliphatic carbocycles. The molecule has 2 aromatic heterocycles. The lowest BCUT2D eigenvalue weighted by Gasteiger charge is -2.21. The molecule has 29 heavy (non-hydrogen) atoms. The number of ether oxygens (including phenoxy) is 2. The van der Waals surface area contributed by atoms with E-state index < -0.39 is 5.60 Å². The minimum atomic E-state index is -0.871. The molecular formula is C22H24ClN3O3. The van der Waals surface area contributed by atoms with Crippen molar-refractivity contribution in [3.05, 3.63) is 65.1 Å². The molecule has 0 spiro atoms. The molecule has 0 saturated carbocycles. The standard InChI is InChI=1S/C22H24ClN3O3/c1-15(27)22(2,3)29-14-17-12-21(16-7-5-8-18(11-16)28-4)26(25-17)13-20-19(23)9-6-10-24-20/h5-12H,13-14H2,1-4H3. The number of carbonyl (C=O) groups excluding carboxylic acids is 1. The molecular weight excluding hydrogens is 390 g/mol. The highest BCUT2D eigenvalue weighted by Gasteiger charge is 2.25. The van der Waals surface area contributed by atoms with Crippen LogP contribution in [0.1, 0.15) is 32.2 Å². The number of rotatable bonds is 8. The molecule has 6 nitrogen and oxygen atoms in total. The first-order chi connectivity index (χ1) is 13.8. The van der Waals surface area contributed by atoms with Crippen LogP contribution in [0.3, 0.4) is 0 Å². The Kier molecular flexibility index (Phi) is 6.35. The van der Waals surface area contributed by atoms with E-state index in [0.717, 1.165) is 22.7 Å². The first-order valence-corrected chi connectivity index (χ1v) is 9.63. The van der Waals surface area contributed by atoms with Crippen molar-refractivity contribution in [3.8, 4) is 17.0 Å². The lowest BCUT2D eigenvalue weighted by Crippen LogP contribution is -2.32. The minimum absolute atomic E-state index is 0.0368. The van der Waals surface area contributed by atoms with Gasteiger partial charge in [0.25, 0.3) is 0 Å². The van der Waals surface area contributed by atoms with Crippen LogP contribution in [0.2, 0.25) is 5.02 Å². The van der Waals surface area contributed by atoms with Crippen LogP contribution in [-0.2, 0) is 22.7 Å². The summed E-state index contributed by atoms with van der Waals surface area (Å²) in [5, 5.41) is 5.26. The second-order valence-corrected chi connectivity index (χ2v) is 7.60. The third-order valence-corrected chi connectivity index (χ3v) is 5.10. The molecule has 2 heterocycles. The highest BCUT2D eigenvalue weighted by molar-refractivity contribution is 6.31. The molecule has 0 radical (unpaired) electrons. The van der Waals surface area contributed by atoms with Crippen LogP contribution in [0.15, 0.2) is 48.7 Å². The molecule has 0 fully saturated rings. The van der Waals surface area contributed by atoms with Crippen molar-refractivity contribution < 1.29 is 14.3 Å². The zero-order valence-corrected chi connectivity index (χ0v) is 17.7. The van der Waals surface area contributed by atoms with Crippen LogP contribution < -0.4 is 4.74 Å². The van der Waals surface area contributed by atoms with Gasteiger partial charge in [0.1, 0.15) is 11.4 Å². The highest BCUT2D eigenvalue weighted by atomic mass is 35.5. The van der Waals surface area contributed by atoms with Gasteiger partial charge in [-0.15, -0.1) is 0 Å². The number of ketones is 1. The lowest BCUT2D eigenvalue weighted by molar-refractivity contribution is -0.139. The molecule has 1 aromatic carbocycles. The SMILES string of the molecule is COc1cccc(-c2cc(COC(C)(C)C(C)=O)nn2Cc2ncccc2Cl)c1. The molecule has 0 aliphatic rings. The Labute approximate surface area is 175 Å². The number of halogens is 1. The van der Waals surface area contributed by atoms with Crippen LogP contribution in [0, 0.1) is 0 Å². The van der Waals surface area contributed by atoms with Crippen LogP contribution in [0.25, 0.3) is 11.3 Å².